The van der Waals surface area contributed by atoms with Gasteiger partial charge in [-0.1, -0.05) is 28.1 Å². The number of halogens is 1. The highest BCUT2D eigenvalue weighted by molar-refractivity contribution is 9.10. The van der Waals surface area contributed by atoms with Crippen molar-refractivity contribution in [1.29, 1.82) is 0 Å². The van der Waals surface area contributed by atoms with Crippen LogP contribution in [0.15, 0.2) is 33.8 Å². The molecule has 2 heterocycles. The molecular weight excluding hydrogens is 390 g/mol. The molecule has 0 saturated carbocycles. The maximum absolute atomic E-state index is 12.6. The number of benzene rings is 1. The van der Waals surface area contributed by atoms with E-state index in [1.807, 2.05) is 24.3 Å². The number of rotatable bonds is 6. The lowest BCUT2D eigenvalue weighted by Gasteiger charge is -2.29. The molecule has 0 aromatic heterocycles. The molecule has 1 aromatic carbocycles. The number of hydrazone groups is 1. The van der Waals surface area contributed by atoms with Crippen LogP contribution in [0.4, 0.5) is 0 Å². The van der Waals surface area contributed by atoms with Crippen molar-refractivity contribution in [1.82, 2.24) is 20.8 Å². The average molecular weight is 410 g/mol. The van der Waals surface area contributed by atoms with Gasteiger partial charge in [0.15, 0.2) is 0 Å². The van der Waals surface area contributed by atoms with Gasteiger partial charge in [0.25, 0.3) is 5.91 Å². The Labute approximate surface area is 154 Å². The first kappa shape index (κ1) is 17.8. The Kier molecular flexibility index (Phi) is 5.67. The maximum Gasteiger partial charge on any atom is 0.267 e. The van der Waals surface area contributed by atoms with Crippen LogP contribution in [0, 0.1) is 0 Å². The van der Waals surface area contributed by atoms with Gasteiger partial charge >= 0.3 is 0 Å². The lowest BCUT2D eigenvalue weighted by molar-refractivity contribution is -0.140. The summed E-state index contributed by atoms with van der Waals surface area (Å²) in [5.74, 6) is -0.442. The van der Waals surface area contributed by atoms with Crippen molar-refractivity contribution in [3.63, 3.8) is 0 Å². The standard InChI is InChI=1S/C16H20BrN5O3/c1-25-7-6-18-15(23)9-21-16(24)14-8-13(20-22(14)10-19-21)11-2-4-12(17)5-3-11/h2-5,10,13-14,20H,6-9H2,1H3,(H,18,23). The van der Waals surface area contributed by atoms with Crippen molar-refractivity contribution in [2.45, 2.75) is 18.5 Å². The predicted octanol–water partition coefficient (Wildman–Crippen LogP) is 0.617. The second kappa shape index (κ2) is 7.94. The number of hydrazine groups is 1. The van der Waals surface area contributed by atoms with Crippen LogP contribution in [-0.4, -0.2) is 61.0 Å². The summed E-state index contributed by atoms with van der Waals surface area (Å²) in [6, 6.07) is 7.65. The third-order valence-corrected chi connectivity index (χ3v) is 4.68. The molecule has 0 spiro atoms. The van der Waals surface area contributed by atoms with Gasteiger partial charge in [-0.15, -0.1) is 0 Å². The number of ether oxygens (including phenoxy) is 1. The lowest BCUT2D eigenvalue weighted by atomic mass is 10.0. The number of nitrogens with one attached hydrogen (secondary N) is 2. The van der Waals surface area contributed by atoms with E-state index in [9.17, 15) is 9.59 Å². The minimum atomic E-state index is -0.363. The average Bonchev–Trinajstić information content (AvgIpc) is 3.03. The highest BCUT2D eigenvalue weighted by Gasteiger charge is 2.41. The van der Waals surface area contributed by atoms with Crippen LogP contribution in [0.3, 0.4) is 0 Å². The second-order valence-corrected chi connectivity index (χ2v) is 6.78. The van der Waals surface area contributed by atoms with Gasteiger partial charge in [-0.25, -0.2) is 10.4 Å². The lowest BCUT2D eigenvalue weighted by Crippen LogP contribution is -2.52. The van der Waals surface area contributed by atoms with E-state index in [2.05, 4.69) is 31.8 Å². The Morgan fingerprint density at radius 2 is 2.20 bits per heavy atom. The van der Waals surface area contributed by atoms with Gasteiger partial charge in [0.05, 0.1) is 12.6 Å². The fraction of sp³-hybridized carbons (Fsp3) is 0.438. The van der Waals surface area contributed by atoms with Crippen LogP contribution in [0.2, 0.25) is 0 Å². The summed E-state index contributed by atoms with van der Waals surface area (Å²) < 4.78 is 5.89. The Morgan fingerprint density at radius 3 is 2.92 bits per heavy atom. The number of methoxy groups -OCH3 is 1. The SMILES string of the molecule is COCCNC(=O)CN1N=CN2NC(c3ccc(Br)cc3)CC2C1=O. The molecule has 1 aromatic rings. The van der Waals surface area contributed by atoms with Crippen LogP contribution in [0.5, 0.6) is 0 Å². The van der Waals surface area contributed by atoms with Crippen molar-refractivity contribution in [3.8, 4) is 0 Å². The van der Waals surface area contributed by atoms with Crippen molar-refractivity contribution >= 4 is 34.1 Å². The summed E-state index contributed by atoms with van der Waals surface area (Å²) in [6.45, 7) is 0.744. The molecule has 9 heteroatoms. The van der Waals surface area contributed by atoms with Crippen LogP contribution < -0.4 is 10.7 Å². The number of carbonyl (C=O) groups is 2. The summed E-state index contributed by atoms with van der Waals surface area (Å²) in [6.07, 6.45) is 2.18. The molecule has 2 unspecified atom stereocenters. The quantitative estimate of drug-likeness (QED) is 0.672. The third-order valence-electron chi connectivity index (χ3n) is 4.15. The molecule has 2 N–H and O–H groups in total. The smallest absolute Gasteiger partial charge is 0.267 e. The van der Waals surface area contributed by atoms with Crippen LogP contribution in [0.25, 0.3) is 0 Å². The summed E-state index contributed by atoms with van der Waals surface area (Å²) in [5.41, 5.74) is 4.38. The summed E-state index contributed by atoms with van der Waals surface area (Å²) in [5, 5.41) is 9.71. The predicted molar refractivity (Wildman–Crippen MR) is 95.4 cm³/mol. The van der Waals surface area contributed by atoms with E-state index in [-0.39, 0.29) is 30.4 Å². The van der Waals surface area contributed by atoms with Crippen LogP contribution in [0.1, 0.15) is 18.0 Å². The first-order valence-electron chi connectivity index (χ1n) is 7.99. The van der Waals surface area contributed by atoms with E-state index in [0.717, 1.165) is 10.0 Å². The summed E-state index contributed by atoms with van der Waals surface area (Å²) in [7, 11) is 1.56. The minimum absolute atomic E-state index is 0.0315. The molecule has 25 heavy (non-hydrogen) atoms. The van der Waals surface area contributed by atoms with Gasteiger partial charge < -0.3 is 10.1 Å². The third kappa shape index (κ3) is 4.17. The number of carbonyl (C=O) groups excluding carboxylic acids is 2. The van der Waals surface area contributed by atoms with E-state index in [1.54, 1.807) is 18.5 Å². The van der Waals surface area contributed by atoms with Crippen molar-refractivity contribution in [2.24, 2.45) is 5.10 Å². The van der Waals surface area contributed by atoms with Crippen molar-refractivity contribution in [2.75, 3.05) is 26.8 Å². The largest absolute Gasteiger partial charge is 0.383 e. The summed E-state index contributed by atoms with van der Waals surface area (Å²) >= 11 is 3.42. The number of nitrogens with zero attached hydrogens (tertiary/aromatic N) is 3. The van der Waals surface area contributed by atoms with Crippen LogP contribution >= 0.6 is 15.9 Å². The van der Waals surface area contributed by atoms with E-state index >= 15 is 0 Å². The summed E-state index contributed by atoms with van der Waals surface area (Å²) in [4.78, 5) is 24.5. The molecule has 2 atom stereocenters. The van der Waals surface area contributed by atoms with Crippen LogP contribution in [-0.2, 0) is 14.3 Å². The molecule has 1 saturated heterocycles. The topological polar surface area (TPSA) is 86.3 Å². The molecule has 2 amide bonds. The van der Waals surface area contributed by atoms with Gasteiger partial charge in [-0.2, -0.15) is 5.10 Å². The fourth-order valence-electron chi connectivity index (χ4n) is 2.85. The Morgan fingerprint density at radius 1 is 1.44 bits per heavy atom. The van der Waals surface area contributed by atoms with Gasteiger partial charge in [-0.05, 0) is 24.1 Å². The monoisotopic (exact) mass is 409 g/mol. The Balaban J connectivity index is 1.60. The number of hydrogen-bond donors (Lipinski definition) is 2. The van der Waals surface area contributed by atoms with E-state index in [1.165, 1.54) is 5.01 Å². The normalized spacial score (nSPS) is 22.2. The number of fused-ring (bicyclic) bond motifs is 1. The van der Waals surface area contributed by atoms with Gasteiger partial charge in [0.1, 0.15) is 18.9 Å². The highest BCUT2D eigenvalue weighted by atomic mass is 79.9. The number of amides is 2. The van der Waals surface area contributed by atoms with E-state index < -0.39 is 0 Å². The molecule has 2 aliphatic heterocycles. The second-order valence-electron chi connectivity index (χ2n) is 5.86. The fourth-order valence-corrected chi connectivity index (χ4v) is 3.11. The number of hydrogen-bond acceptors (Lipinski definition) is 6. The van der Waals surface area contributed by atoms with E-state index in [0.29, 0.717) is 19.6 Å². The molecule has 3 rings (SSSR count). The first-order valence-corrected chi connectivity index (χ1v) is 8.79. The maximum atomic E-state index is 12.6. The molecule has 134 valence electrons. The van der Waals surface area contributed by atoms with E-state index in [4.69, 9.17) is 4.74 Å². The molecule has 0 radical (unpaired) electrons. The molecule has 0 bridgehead atoms. The van der Waals surface area contributed by atoms with Gasteiger partial charge in [-0.3, -0.25) is 14.6 Å². The first-order chi connectivity index (χ1) is 12.1. The zero-order valence-corrected chi connectivity index (χ0v) is 15.4. The molecule has 0 aliphatic carbocycles. The Hall–Kier alpha value is -1.97. The minimum Gasteiger partial charge on any atom is -0.383 e. The molecule has 2 aliphatic rings. The van der Waals surface area contributed by atoms with Crippen molar-refractivity contribution < 1.29 is 14.3 Å². The highest BCUT2D eigenvalue weighted by Crippen LogP contribution is 2.30. The molecule has 8 nitrogen and oxygen atoms in total. The van der Waals surface area contributed by atoms with Gasteiger partial charge in [0, 0.05) is 18.1 Å². The zero-order chi connectivity index (χ0) is 17.8. The molecule has 1 fully saturated rings. The van der Waals surface area contributed by atoms with Crippen molar-refractivity contribution in [3.05, 3.63) is 34.3 Å². The zero-order valence-electron chi connectivity index (χ0n) is 13.8. The molecular formula is C16H20BrN5O3. The van der Waals surface area contributed by atoms with Gasteiger partial charge in [0.2, 0.25) is 5.91 Å². The Bertz CT molecular complexity index is 666.